The second-order valence-electron chi connectivity index (χ2n) is 3.49. The standard InChI is InChI=1S/C12H19NO6/c1-3-18-8-10(14)13-9(12(16)17)6-5-7-11(15)19-4-2/h5,7,9H,3-4,6,8H2,1-2H3,(H,13,14)(H,16,17)/b7-5+/t9-/m1/s1. The van der Waals surface area contributed by atoms with Crippen molar-refractivity contribution in [2.45, 2.75) is 26.3 Å². The smallest absolute Gasteiger partial charge is 0.330 e. The molecule has 0 unspecified atom stereocenters. The first-order valence-corrected chi connectivity index (χ1v) is 5.94. The number of carbonyl (C=O) groups excluding carboxylic acids is 2. The number of aliphatic carboxylic acids is 1. The predicted molar refractivity (Wildman–Crippen MR) is 66.4 cm³/mol. The van der Waals surface area contributed by atoms with Crippen molar-refractivity contribution < 1.29 is 29.0 Å². The molecule has 0 aromatic heterocycles. The molecule has 7 heteroatoms. The lowest BCUT2D eigenvalue weighted by Crippen LogP contribution is -2.42. The summed E-state index contributed by atoms with van der Waals surface area (Å²) in [7, 11) is 0. The molecule has 0 fully saturated rings. The van der Waals surface area contributed by atoms with Crippen LogP contribution in [-0.2, 0) is 23.9 Å². The summed E-state index contributed by atoms with van der Waals surface area (Å²) in [6.45, 7) is 3.82. The lowest BCUT2D eigenvalue weighted by Gasteiger charge is -2.12. The molecule has 0 aliphatic heterocycles. The Kier molecular flexibility index (Phi) is 9.07. The molecule has 1 amide bonds. The summed E-state index contributed by atoms with van der Waals surface area (Å²) in [4.78, 5) is 33.2. The summed E-state index contributed by atoms with van der Waals surface area (Å²) < 4.78 is 9.49. The highest BCUT2D eigenvalue weighted by Crippen LogP contribution is 1.96. The number of hydrogen-bond acceptors (Lipinski definition) is 5. The van der Waals surface area contributed by atoms with Crippen LogP contribution in [0, 0.1) is 0 Å². The molecule has 0 aliphatic rings. The van der Waals surface area contributed by atoms with Crippen molar-refractivity contribution in [3.63, 3.8) is 0 Å². The van der Waals surface area contributed by atoms with Gasteiger partial charge >= 0.3 is 11.9 Å². The molecule has 0 heterocycles. The van der Waals surface area contributed by atoms with Crippen molar-refractivity contribution in [2.75, 3.05) is 19.8 Å². The highest BCUT2D eigenvalue weighted by Gasteiger charge is 2.18. The molecule has 0 aliphatic carbocycles. The Morgan fingerprint density at radius 3 is 2.47 bits per heavy atom. The predicted octanol–water partition coefficient (Wildman–Crippen LogP) is 0.102. The van der Waals surface area contributed by atoms with Crippen LogP contribution in [0.2, 0.25) is 0 Å². The van der Waals surface area contributed by atoms with Gasteiger partial charge in [0.25, 0.3) is 0 Å². The van der Waals surface area contributed by atoms with Crippen LogP contribution in [0.3, 0.4) is 0 Å². The monoisotopic (exact) mass is 273 g/mol. The Hall–Kier alpha value is -1.89. The van der Waals surface area contributed by atoms with E-state index in [4.69, 9.17) is 9.84 Å². The topological polar surface area (TPSA) is 102 Å². The fourth-order valence-corrected chi connectivity index (χ4v) is 1.14. The van der Waals surface area contributed by atoms with Crippen LogP contribution in [0.25, 0.3) is 0 Å². The van der Waals surface area contributed by atoms with E-state index in [1.807, 2.05) is 0 Å². The van der Waals surface area contributed by atoms with Gasteiger partial charge < -0.3 is 19.9 Å². The van der Waals surface area contributed by atoms with E-state index in [2.05, 4.69) is 10.1 Å². The van der Waals surface area contributed by atoms with Crippen LogP contribution in [0.5, 0.6) is 0 Å². The molecule has 1 atom stereocenters. The van der Waals surface area contributed by atoms with Gasteiger partial charge in [0.2, 0.25) is 5.91 Å². The van der Waals surface area contributed by atoms with Gasteiger partial charge in [0.1, 0.15) is 12.6 Å². The molecule has 108 valence electrons. The molecule has 0 spiro atoms. The number of hydrogen-bond donors (Lipinski definition) is 2. The minimum Gasteiger partial charge on any atom is -0.480 e. The maximum Gasteiger partial charge on any atom is 0.330 e. The molecule has 0 saturated heterocycles. The zero-order chi connectivity index (χ0) is 14.7. The Bertz CT molecular complexity index is 339. The van der Waals surface area contributed by atoms with Gasteiger partial charge in [0.15, 0.2) is 0 Å². The van der Waals surface area contributed by atoms with Crippen LogP contribution >= 0.6 is 0 Å². The van der Waals surface area contributed by atoms with Crippen molar-refractivity contribution in [1.29, 1.82) is 0 Å². The molecule has 19 heavy (non-hydrogen) atoms. The first-order chi connectivity index (χ1) is 9.01. The van der Waals surface area contributed by atoms with Crippen LogP contribution in [0.4, 0.5) is 0 Å². The summed E-state index contributed by atoms with van der Waals surface area (Å²) in [6, 6.07) is -1.10. The van der Waals surface area contributed by atoms with E-state index in [0.717, 1.165) is 6.08 Å². The van der Waals surface area contributed by atoms with Crippen molar-refractivity contribution in [2.24, 2.45) is 0 Å². The van der Waals surface area contributed by atoms with Crippen molar-refractivity contribution in [1.82, 2.24) is 5.32 Å². The zero-order valence-electron chi connectivity index (χ0n) is 11.0. The number of carboxylic acids is 1. The number of carboxylic acid groups (broad SMARTS) is 1. The minimum absolute atomic E-state index is 0.00792. The molecular weight excluding hydrogens is 254 g/mol. The van der Waals surface area contributed by atoms with Gasteiger partial charge in [-0.25, -0.2) is 9.59 Å². The number of amides is 1. The van der Waals surface area contributed by atoms with E-state index < -0.39 is 23.9 Å². The normalized spacial score (nSPS) is 12.1. The van der Waals surface area contributed by atoms with Gasteiger partial charge in [-0.2, -0.15) is 0 Å². The summed E-state index contributed by atoms with van der Waals surface area (Å²) in [6.07, 6.45) is 2.47. The van der Waals surface area contributed by atoms with Crippen LogP contribution < -0.4 is 5.32 Å². The number of carbonyl (C=O) groups is 3. The van der Waals surface area contributed by atoms with Gasteiger partial charge in [-0.1, -0.05) is 6.08 Å². The average molecular weight is 273 g/mol. The minimum atomic E-state index is -1.18. The van der Waals surface area contributed by atoms with Gasteiger partial charge in [0, 0.05) is 12.7 Å². The van der Waals surface area contributed by atoms with Gasteiger partial charge in [0.05, 0.1) is 6.61 Å². The maximum absolute atomic E-state index is 11.3. The summed E-state index contributed by atoms with van der Waals surface area (Å²) in [5, 5.41) is 11.2. The number of ether oxygens (including phenoxy) is 2. The largest absolute Gasteiger partial charge is 0.480 e. The second-order valence-corrected chi connectivity index (χ2v) is 3.49. The lowest BCUT2D eigenvalue weighted by atomic mass is 10.2. The van der Waals surface area contributed by atoms with Gasteiger partial charge in [-0.3, -0.25) is 4.79 Å². The first kappa shape index (κ1) is 17.1. The zero-order valence-corrected chi connectivity index (χ0v) is 11.0. The SMILES string of the molecule is CCOCC(=O)N[C@H](C/C=C/C(=O)OCC)C(=O)O. The summed E-state index contributed by atoms with van der Waals surface area (Å²) in [5.74, 6) is -2.25. The van der Waals surface area contributed by atoms with E-state index in [1.165, 1.54) is 6.08 Å². The molecule has 0 aromatic carbocycles. The van der Waals surface area contributed by atoms with Gasteiger partial charge in [-0.15, -0.1) is 0 Å². The van der Waals surface area contributed by atoms with E-state index in [-0.39, 0.29) is 19.6 Å². The Morgan fingerprint density at radius 2 is 1.95 bits per heavy atom. The summed E-state index contributed by atoms with van der Waals surface area (Å²) in [5.41, 5.74) is 0. The Balaban J connectivity index is 4.23. The second kappa shape index (κ2) is 10.1. The maximum atomic E-state index is 11.3. The van der Waals surface area contributed by atoms with E-state index in [1.54, 1.807) is 13.8 Å². The Morgan fingerprint density at radius 1 is 1.26 bits per heavy atom. The molecule has 2 N–H and O–H groups in total. The fourth-order valence-electron chi connectivity index (χ4n) is 1.14. The number of rotatable bonds is 9. The lowest BCUT2D eigenvalue weighted by molar-refractivity contribution is -0.142. The third-order valence-corrected chi connectivity index (χ3v) is 1.98. The third-order valence-electron chi connectivity index (χ3n) is 1.98. The van der Waals surface area contributed by atoms with Crippen LogP contribution in [-0.4, -0.2) is 48.8 Å². The molecular formula is C12H19NO6. The highest BCUT2D eigenvalue weighted by molar-refractivity contribution is 5.85. The van der Waals surface area contributed by atoms with Crippen molar-refractivity contribution in [3.8, 4) is 0 Å². The molecule has 0 bridgehead atoms. The van der Waals surface area contributed by atoms with Crippen molar-refractivity contribution in [3.05, 3.63) is 12.2 Å². The summed E-state index contributed by atoms with van der Waals surface area (Å²) >= 11 is 0. The molecule has 7 nitrogen and oxygen atoms in total. The molecule has 0 saturated carbocycles. The Labute approximate surface area is 111 Å². The van der Waals surface area contributed by atoms with Crippen LogP contribution in [0.1, 0.15) is 20.3 Å². The highest BCUT2D eigenvalue weighted by atomic mass is 16.5. The quantitative estimate of drug-likeness (QED) is 0.456. The molecule has 0 aromatic rings. The average Bonchev–Trinajstić information content (AvgIpc) is 2.35. The number of nitrogens with one attached hydrogen (secondary N) is 1. The number of esters is 1. The van der Waals surface area contributed by atoms with E-state index >= 15 is 0 Å². The van der Waals surface area contributed by atoms with E-state index in [9.17, 15) is 14.4 Å². The first-order valence-electron chi connectivity index (χ1n) is 5.94. The van der Waals surface area contributed by atoms with Gasteiger partial charge in [-0.05, 0) is 20.3 Å². The van der Waals surface area contributed by atoms with E-state index in [0.29, 0.717) is 6.61 Å². The van der Waals surface area contributed by atoms with Crippen LogP contribution in [0.15, 0.2) is 12.2 Å². The van der Waals surface area contributed by atoms with Crippen molar-refractivity contribution >= 4 is 17.8 Å². The molecule has 0 rings (SSSR count). The molecule has 0 radical (unpaired) electrons. The third kappa shape index (κ3) is 8.78. The fraction of sp³-hybridized carbons (Fsp3) is 0.583.